The van der Waals surface area contributed by atoms with Crippen molar-refractivity contribution in [1.29, 1.82) is 0 Å². The van der Waals surface area contributed by atoms with Gasteiger partial charge in [0.15, 0.2) is 5.82 Å². The zero-order valence-corrected chi connectivity index (χ0v) is 23.8. The van der Waals surface area contributed by atoms with Crippen molar-refractivity contribution < 1.29 is 19.4 Å². The molecule has 1 spiro atoms. The number of likely N-dealkylation sites (tertiary alicyclic amines) is 1. The molecule has 0 radical (unpaired) electrons. The molecule has 4 heterocycles. The highest BCUT2D eigenvalue weighted by Gasteiger charge is 2.50. The van der Waals surface area contributed by atoms with Gasteiger partial charge in [-0.1, -0.05) is 6.07 Å². The Balaban J connectivity index is 0.892. The lowest BCUT2D eigenvalue weighted by molar-refractivity contribution is -0.200. The van der Waals surface area contributed by atoms with Gasteiger partial charge in [-0.25, -0.2) is 4.79 Å². The van der Waals surface area contributed by atoms with E-state index < -0.39 is 5.97 Å². The molecule has 10 heteroatoms. The lowest BCUT2D eigenvalue weighted by atomic mass is 9.75. The first-order valence-corrected chi connectivity index (χ1v) is 15.2. The predicted molar refractivity (Wildman–Crippen MR) is 151 cm³/mol. The molecule has 1 N–H and O–H groups in total. The number of aromatic nitrogens is 5. The van der Waals surface area contributed by atoms with Crippen LogP contribution in [0, 0.1) is 5.41 Å². The molecule has 0 amide bonds. The van der Waals surface area contributed by atoms with Crippen molar-refractivity contribution in [2.75, 3.05) is 26.3 Å². The summed E-state index contributed by atoms with van der Waals surface area (Å²) in [6, 6.07) is 7.80. The summed E-state index contributed by atoms with van der Waals surface area (Å²) in [6.07, 6.45) is 13.9. The number of aromatic carboxylic acids is 1. The van der Waals surface area contributed by atoms with Crippen LogP contribution in [0.15, 0.2) is 36.7 Å². The second-order valence-electron chi connectivity index (χ2n) is 12.8. The zero-order chi connectivity index (χ0) is 28.0. The maximum absolute atomic E-state index is 11.2. The van der Waals surface area contributed by atoms with Crippen LogP contribution in [-0.2, 0) is 18.4 Å². The highest BCUT2D eigenvalue weighted by atomic mass is 16.5. The van der Waals surface area contributed by atoms with Gasteiger partial charge < -0.3 is 19.1 Å². The molecule has 0 atom stereocenters. The van der Waals surface area contributed by atoms with Crippen LogP contribution in [0.1, 0.15) is 96.8 Å². The van der Waals surface area contributed by atoms with Crippen molar-refractivity contribution in [3.05, 3.63) is 59.4 Å². The van der Waals surface area contributed by atoms with E-state index >= 15 is 0 Å². The average molecular weight is 561 g/mol. The van der Waals surface area contributed by atoms with Crippen LogP contribution in [0.3, 0.4) is 0 Å². The highest BCUT2D eigenvalue weighted by molar-refractivity contribution is 5.88. The summed E-state index contributed by atoms with van der Waals surface area (Å²) in [7, 11) is 1.99. The van der Waals surface area contributed by atoms with Crippen molar-refractivity contribution in [1.82, 2.24) is 29.4 Å². The van der Waals surface area contributed by atoms with Crippen LogP contribution in [-0.4, -0.2) is 72.9 Å². The Morgan fingerprint density at radius 2 is 1.76 bits per heavy atom. The molecule has 2 aliphatic carbocycles. The van der Waals surface area contributed by atoms with E-state index in [0.717, 1.165) is 56.6 Å². The standard InChI is InChI=1S/C31H40N6O4/c1-35-28(16-41-27-4-2-3-23(13-27)30(38)39)33-34-29(35)22-7-5-21(6-8-22)24-14-32-37(15-24)26-11-9-25(10-12-26)36-17-31(18-36)19-40-20-31/h2-4,13-15,21-22,25-26H,5-12,16-20H2,1H3,(H,38,39). The number of benzene rings is 1. The summed E-state index contributed by atoms with van der Waals surface area (Å²) in [6.45, 7) is 4.67. The van der Waals surface area contributed by atoms with E-state index in [0.29, 0.717) is 29.0 Å². The van der Waals surface area contributed by atoms with Gasteiger partial charge in [0.2, 0.25) is 0 Å². The van der Waals surface area contributed by atoms with Crippen LogP contribution in [0.25, 0.3) is 0 Å². The largest absolute Gasteiger partial charge is 0.486 e. The van der Waals surface area contributed by atoms with Crippen LogP contribution in [0.4, 0.5) is 0 Å². The van der Waals surface area contributed by atoms with Gasteiger partial charge in [0.25, 0.3) is 0 Å². The summed E-state index contributed by atoms with van der Waals surface area (Å²) in [5.74, 6) is 2.22. The Labute approximate surface area is 240 Å². The molecule has 2 aromatic heterocycles. The average Bonchev–Trinajstić information content (AvgIpc) is 3.58. The normalized spacial score (nSPS) is 27.7. The number of nitrogens with zero attached hydrogens (tertiary/aromatic N) is 6. The maximum Gasteiger partial charge on any atom is 0.335 e. The summed E-state index contributed by atoms with van der Waals surface area (Å²) >= 11 is 0. The third kappa shape index (κ3) is 5.28. The Bertz CT molecular complexity index is 1370. The van der Waals surface area contributed by atoms with Crippen molar-refractivity contribution in [2.24, 2.45) is 12.5 Å². The molecule has 10 nitrogen and oxygen atoms in total. The summed E-state index contributed by atoms with van der Waals surface area (Å²) in [4.78, 5) is 13.9. The SMILES string of the molecule is Cn1c(COc2cccc(C(=O)O)c2)nnc1C1CCC(c2cnn(C3CCC(N4CC5(COC5)C4)CC3)c2)CC1. The van der Waals surface area contributed by atoms with Gasteiger partial charge >= 0.3 is 5.97 Å². The lowest BCUT2D eigenvalue weighted by Gasteiger charge is -2.58. The Morgan fingerprint density at radius 3 is 2.46 bits per heavy atom. The fourth-order valence-electron chi connectivity index (χ4n) is 7.51. The monoisotopic (exact) mass is 560 g/mol. The summed E-state index contributed by atoms with van der Waals surface area (Å²) in [5, 5.41) is 22.9. The number of carbonyl (C=O) groups is 1. The predicted octanol–water partition coefficient (Wildman–Crippen LogP) is 4.55. The minimum Gasteiger partial charge on any atom is -0.486 e. The van der Waals surface area contributed by atoms with Gasteiger partial charge in [0, 0.05) is 43.7 Å². The first-order valence-electron chi connectivity index (χ1n) is 15.2. The Hall–Kier alpha value is -3.24. The van der Waals surface area contributed by atoms with Gasteiger partial charge in [-0.2, -0.15) is 5.10 Å². The van der Waals surface area contributed by atoms with Gasteiger partial charge in [0.1, 0.15) is 18.2 Å². The molecular formula is C31H40N6O4. The number of rotatable bonds is 8. The van der Waals surface area contributed by atoms with Crippen LogP contribution in [0.2, 0.25) is 0 Å². The highest BCUT2D eigenvalue weighted by Crippen LogP contribution is 2.43. The van der Waals surface area contributed by atoms with Gasteiger partial charge in [0.05, 0.1) is 31.0 Å². The quantitative estimate of drug-likeness (QED) is 0.428. The number of ether oxygens (including phenoxy) is 2. The van der Waals surface area contributed by atoms with E-state index in [9.17, 15) is 9.90 Å². The topological polar surface area (TPSA) is 108 Å². The third-order valence-electron chi connectivity index (χ3n) is 10.1. The Kier molecular flexibility index (Phi) is 7.06. The molecule has 1 aromatic carbocycles. The minimum absolute atomic E-state index is 0.204. The van der Waals surface area contributed by atoms with Gasteiger partial charge in [-0.05, 0) is 81.0 Å². The van der Waals surface area contributed by atoms with E-state index in [1.807, 2.05) is 11.6 Å². The molecule has 3 aromatic rings. The summed E-state index contributed by atoms with van der Waals surface area (Å²) < 4.78 is 15.6. The molecular weight excluding hydrogens is 520 g/mol. The fraction of sp³-hybridized carbons (Fsp3) is 0.613. The van der Waals surface area contributed by atoms with Gasteiger partial charge in [-0.15, -0.1) is 10.2 Å². The van der Waals surface area contributed by atoms with Crippen LogP contribution in [0.5, 0.6) is 5.75 Å². The fourth-order valence-corrected chi connectivity index (χ4v) is 7.51. The summed E-state index contributed by atoms with van der Waals surface area (Å²) in [5.41, 5.74) is 2.10. The van der Waals surface area contributed by atoms with Crippen LogP contribution >= 0.6 is 0 Å². The number of hydrogen-bond acceptors (Lipinski definition) is 7. The first-order chi connectivity index (χ1) is 20.0. The molecule has 2 saturated heterocycles. The first kappa shape index (κ1) is 26.6. The van der Waals surface area contributed by atoms with E-state index in [2.05, 4.69) is 32.2 Å². The van der Waals surface area contributed by atoms with Crippen molar-refractivity contribution in [3.8, 4) is 5.75 Å². The minimum atomic E-state index is -0.970. The number of carboxylic acid groups (broad SMARTS) is 1. The molecule has 7 rings (SSSR count). The molecule has 4 aliphatic rings. The number of hydrogen-bond donors (Lipinski definition) is 1. The van der Waals surface area contributed by atoms with E-state index in [1.54, 1.807) is 18.2 Å². The molecule has 0 bridgehead atoms. The second-order valence-corrected chi connectivity index (χ2v) is 12.8. The maximum atomic E-state index is 11.2. The lowest BCUT2D eigenvalue weighted by Crippen LogP contribution is -2.68. The van der Waals surface area contributed by atoms with E-state index in [1.165, 1.54) is 50.4 Å². The third-order valence-corrected chi connectivity index (χ3v) is 10.1. The van der Waals surface area contributed by atoms with E-state index in [4.69, 9.17) is 14.6 Å². The van der Waals surface area contributed by atoms with Crippen molar-refractivity contribution in [3.63, 3.8) is 0 Å². The van der Waals surface area contributed by atoms with Gasteiger partial charge in [-0.3, -0.25) is 9.58 Å². The number of carboxylic acids is 1. The molecule has 2 saturated carbocycles. The smallest absolute Gasteiger partial charge is 0.335 e. The molecule has 4 fully saturated rings. The zero-order valence-electron chi connectivity index (χ0n) is 23.8. The molecule has 218 valence electrons. The molecule has 41 heavy (non-hydrogen) atoms. The van der Waals surface area contributed by atoms with Crippen LogP contribution < -0.4 is 4.74 Å². The molecule has 2 aliphatic heterocycles. The van der Waals surface area contributed by atoms with Crippen molar-refractivity contribution >= 4 is 5.97 Å². The van der Waals surface area contributed by atoms with E-state index in [-0.39, 0.29) is 12.2 Å². The Morgan fingerprint density at radius 1 is 1.02 bits per heavy atom. The van der Waals surface area contributed by atoms with Crippen molar-refractivity contribution in [2.45, 2.75) is 81.9 Å². The second kappa shape index (κ2) is 10.9. The molecule has 0 unspecified atom stereocenters.